The molecule has 21 heavy (non-hydrogen) atoms. The van der Waals surface area contributed by atoms with Crippen molar-refractivity contribution in [3.63, 3.8) is 0 Å². The summed E-state index contributed by atoms with van der Waals surface area (Å²) in [5.74, 6) is 1.11. The third-order valence-electron chi connectivity index (χ3n) is 4.26. The van der Waals surface area contributed by atoms with Crippen molar-refractivity contribution < 1.29 is 9.59 Å². The normalized spacial score (nSPS) is 16.7. The maximum atomic E-state index is 11.8. The van der Waals surface area contributed by atoms with Crippen LogP contribution in [-0.4, -0.2) is 23.9 Å². The highest BCUT2D eigenvalue weighted by atomic mass is 16.2. The van der Waals surface area contributed by atoms with Gasteiger partial charge in [-0.05, 0) is 38.5 Å². The molecule has 0 aliphatic rings. The Bertz CT molecular complexity index is 318. The van der Waals surface area contributed by atoms with Gasteiger partial charge in [0.1, 0.15) is 0 Å². The Labute approximate surface area is 130 Å². The Morgan fingerprint density at radius 1 is 0.905 bits per heavy atom. The predicted molar refractivity (Wildman–Crippen MR) is 88.0 cm³/mol. The van der Waals surface area contributed by atoms with Gasteiger partial charge in [-0.2, -0.15) is 0 Å². The molecule has 0 saturated carbocycles. The summed E-state index contributed by atoms with van der Waals surface area (Å²) < 4.78 is 0. The summed E-state index contributed by atoms with van der Waals surface area (Å²) in [4.78, 5) is 23.2. The average Bonchev–Trinajstić information content (AvgIpc) is 2.43. The van der Waals surface area contributed by atoms with E-state index in [0.29, 0.717) is 24.7 Å². The standard InChI is InChI=1S/C17H34N2O2/c1-7-12(3)11-17(21)18-14(5)10-9-13(4)15(6)19-16(20)8-2/h12-15H,7-11H2,1-6H3,(H,18,21)(H,19,20). The van der Waals surface area contributed by atoms with E-state index in [1.165, 1.54) is 0 Å². The lowest BCUT2D eigenvalue weighted by molar-refractivity contribution is -0.122. The maximum Gasteiger partial charge on any atom is 0.220 e. The van der Waals surface area contributed by atoms with Crippen molar-refractivity contribution in [1.29, 1.82) is 0 Å². The lowest BCUT2D eigenvalue weighted by Gasteiger charge is -2.23. The van der Waals surface area contributed by atoms with Crippen LogP contribution in [0.1, 0.15) is 73.6 Å². The number of amides is 2. The van der Waals surface area contributed by atoms with Gasteiger partial charge in [-0.1, -0.05) is 34.1 Å². The molecule has 4 heteroatoms. The summed E-state index contributed by atoms with van der Waals surface area (Å²) in [6.45, 7) is 12.3. The molecule has 0 aromatic carbocycles. The zero-order valence-electron chi connectivity index (χ0n) is 14.7. The molecular weight excluding hydrogens is 264 g/mol. The minimum Gasteiger partial charge on any atom is -0.354 e. The zero-order chi connectivity index (χ0) is 16.4. The van der Waals surface area contributed by atoms with Crippen LogP contribution in [0.15, 0.2) is 0 Å². The fraction of sp³-hybridized carbons (Fsp3) is 0.882. The highest BCUT2D eigenvalue weighted by Gasteiger charge is 2.16. The first-order chi connectivity index (χ1) is 9.79. The van der Waals surface area contributed by atoms with E-state index in [1.54, 1.807) is 0 Å². The van der Waals surface area contributed by atoms with Crippen LogP contribution < -0.4 is 10.6 Å². The largest absolute Gasteiger partial charge is 0.354 e. The van der Waals surface area contributed by atoms with Gasteiger partial charge in [-0.25, -0.2) is 0 Å². The van der Waals surface area contributed by atoms with Gasteiger partial charge >= 0.3 is 0 Å². The van der Waals surface area contributed by atoms with Gasteiger partial charge in [0.25, 0.3) is 0 Å². The Morgan fingerprint density at radius 2 is 1.52 bits per heavy atom. The molecule has 2 N–H and O–H groups in total. The number of nitrogens with one attached hydrogen (secondary N) is 2. The quantitative estimate of drug-likeness (QED) is 0.650. The number of hydrogen-bond acceptors (Lipinski definition) is 2. The first-order valence-corrected chi connectivity index (χ1v) is 8.38. The van der Waals surface area contributed by atoms with Crippen LogP contribution in [0.3, 0.4) is 0 Å². The zero-order valence-corrected chi connectivity index (χ0v) is 14.7. The Hall–Kier alpha value is -1.06. The Balaban J connectivity index is 3.98. The van der Waals surface area contributed by atoms with E-state index in [-0.39, 0.29) is 23.9 Å². The lowest BCUT2D eigenvalue weighted by Crippen LogP contribution is -2.38. The van der Waals surface area contributed by atoms with Crippen LogP contribution in [0, 0.1) is 11.8 Å². The van der Waals surface area contributed by atoms with Crippen molar-refractivity contribution in [1.82, 2.24) is 10.6 Å². The minimum atomic E-state index is 0.101. The number of rotatable bonds is 10. The molecule has 0 spiro atoms. The van der Waals surface area contributed by atoms with Crippen LogP contribution in [-0.2, 0) is 9.59 Å². The molecule has 0 radical (unpaired) electrons. The summed E-state index contributed by atoms with van der Waals surface area (Å²) in [5, 5.41) is 6.07. The highest BCUT2D eigenvalue weighted by Crippen LogP contribution is 2.13. The molecule has 0 saturated heterocycles. The molecule has 2 amide bonds. The molecule has 0 rings (SSSR count). The molecule has 0 fully saturated rings. The van der Waals surface area contributed by atoms with Gasteiger partial charge < -0.3 is 10.6 Å². The molecule has 0 aliphatic carbocycles. The number of carbonyl (C=O) groups excluding carboxylic acids is 2. The van der Waals surface area contributed by atoms with Crippen molar-refractivity contribution in [2.45, 2.75) is 85.7 Å². The van der Waals surface area contributed by atoms with Crippen molar-refractivity contribution in [3.8, 4) is 0 Å². The molecule has 4 nitrogen and oxygen atoms in total. The third-order valence-corrected chi connectivity index (χ3v) is 4.26. The minimum absolute atomic E-state index is 0.101. The SMILES string of the molecule is CCC(=O)NC(C)C(C)CCC(C)NC(=O)CC(C)CC. The summed E-state index contributed by atoms with van der Waals surface area (Å²) in [7, 11) is 0. The molecule has 4 unspecified atom stereocenters. The molecule has 124 valence electrons. The molecule has 0 bridgehead atoms. The fourth-order valence-electron chi connectivity index (χ4n) is 2.13. The van der Waals surface area contributed by atoms with E-state index < -0.39 is 0 Å². The Morgan fingerprint density at radius 3 is 2.05 bits per heavy atom. The second-order valence-corrected chi connectivity index (χ2v) is 6.45. The summed E-state index contributed by atoms with van der Waals surface area (Å²) in [6, 6.07) is 0.374. The Kier molecular flexibility index (Phi) is 10.1. The van der Waals surface area contributed by atoms with Gasteiger partial charge in [-0.3, -0.25) is 9.59 Å². The topological polar surface area (TPSA) is 58.2 Å². The van der Waals surface area contributed by atoms with Crippen molar-refractivity contribution in [2.24, 2.45) is 11.8 Å². The highest BCUT2D eigenvalue weighted by molar-refractivity contribution is 5.76. The molecular formula is C17H34N2O2. The molecule has 0 aliphatic heterocycles. The van der Waals surface area contributed by atoms with E-state index >= 15 is 0 Å². The van der Waals surface area contributed by atoms with E-state index in [1.807, 2.05) is 13.8 Å². The lowest BCUT2D eigenvalue weighted by atomic mass is 9.95. The van der Waals surface area contributed by atoms with Crippen LogP contribution in [0.25, 0.3) is 0 Å². The second-order valence-electron chi connectivity index (χ2n) is 6.45. The third kappa shape index (κ3) is 9.48. The van der Waals surface area contributed by atoms with E-state index in [0.717, 1.165) is 19.3 Å². The van der Waals surface area contributed by atoms with Crippen LogP contribution in [0.2, 0.25) is 0 Å². The van der Waals surface area contributed by atoms with E-state index in [9.17, 15) is 9.59 Å². The predicted octanol–water partition coefficient (Wildman–Crippen LogP) is 3.26. The van der Waals surface area contributed by atoms with Crippen LogP contribution in [0.5, 0.6) is 0 Å². The monoisotopic (exact) mass is 298 g/mol. The van der Waals surface area contributed by atoms with Crippen molar-refractivity contribution >= 4 is 11.8 Å². The van der Waals surface area contributed by atoms with Crippen LogP contribution in [0.4, 0.5) is 0 Å². The fourth-order valence-corrected chi connectivity index (χ4v) is 2.13. The van der Waals surface area contributed by atoms with Gasteiger partial charge in [0.05, 0.1) is 0 Å². The second kappa shape index (κ2) is 10.6. The van der Waals surface area contributed by atoms with Crippen molar-refractivity contribution in [3.05, 3.63) is 0 Å². The first-order valence-electron chi connectivity index (χ1n) is 8.38. The van der Waals surface area contributed by atoms with E-state index in [2.05, 4.69) is 38.3 Å². The first kappa shape index (κ1) is 19.9. The van der Waals surface area contributed by atoms with Gasteiger partial charge in [-0.15, -0.1) is 0 Å². The van der Waals surface area contributed by atoms with Crippen molar-refractivity contribution in [2.75, 3.05) is 0 Å². The number of carbonyl (C=O) groups is 2. The molecule has 0 aromatic rings. The summed E-state index contributed by atoms with van der Waals surface area (Å²) in [5.41, 5.74) is 0. The average molecular weight is 298 g/mol. The van der Waals surface area contributed by atoms with E-state index in [4.69, 9.17) is 0 Å². The maximum absolute atomic E-state index is 11.8. The van der Waals surface area contributed by atoms with Gasteiger partial charge in [0.2, 0.25) is 11.8 Å². The molecule has 0 aromatic heterocycles. The summed E-state index contributed by atoms with van der Waals surface area (Å²) in [6.07, 6.45) is 4.11. The van der Waals surface area contributed by atoms with Gasteiger partial charge in [0, 0.05) is 24.9 Å². The van der Waals surface area contributed by atoms with Crippen LogP contribution >= 0.6 is 0 Å². The summed E-state index contributed by atoms with van der Waals surface area (Å²) >= 11 is 0. The van der Waals surface area contributed by atoms with Gasteiger partial charge in [0.15, 0.2) is 0 Å². The molecule has 0 heterocycles. The number of hydrogen-bond donors (Lipinski definition) is 2. The smallest absolute Gasteiger partial charge is 0.220 e. The molecule has 4 atom stereocenters.